The van der Waals surface area contributed by atoms with Gasteiger partial charge < -0.3 is 33.7 Å². The van der Waals surface area contributed by atoms with E-state index in [0.717, 1.165) is 11.1 Å². The number of fused-ring (bicyclic) bond motifs is 3. The Labute approximate surface area is 211 Å². The first-order valence-corrected chi connectivity index (χ1v) is 12.6. The van der Waals surface area contributed by atoms with E-state index in [9.17, 15) is 9.90 Å². The zero-order chi connectivity index (χ0) is 25.3. The molecule has 0 saturated carbocycles. The van der Waals surface area contributed by atoms with Gasteiger partial charge in [-0.05, 0) is 38.8 Å². The molecule has 0 radical (unpaired) electrons. The lowest BCUT2D eigenvalue weighted by Gasteiger charge is -2.53. The molecule has 1 amide bonds. The van der Waals surface area contributed by atoms with E-state index in [1.54, 1.807) is 18.7 Å². The zero-order valence-corrected chi connectivity index (χ0v) is 21.0. The maximum atomic E-state index is 13.7. The molecule has 4 aliphatic heterocycles. The lowest BCUT2D eigenvalue weighted by atomic mass is 9.74. The van der Waals surface area contributed by atoms with E-state index in [0.29, 0.717) is 6.54 Å². The summed E-state index contributed by atoms with van der Waals surface area (Å²) in [4.78, 5) is 15.5. The molecule has 7 atom stereocenters. The summed E-state index contributed by atoms with van der Waals surface area (Å²) in [5.74, 6) is -4.36. The van der Waals surface area contributed by atoms with Crippen molar-refractivity contribution >= 4 is 5.91 Å². The molecule has 2 aromatic carbocycles. The summed E-state index contributed by atoms with van der Waals surface area (Å²) in [5, 5.41) is 11.9. The van der Waals surface area contributed by atoms with Crippen molar-refractivity contribution in [1.29, 1.82) is 0 Å². The zero-order valence-electron chi connectivity index (χ0n) is 21.0. The number of aliphatic hydroxyl groups excluding tert-OH is 1. The molecule has 36 heavy (non-hydrogen) atoms. The molecule has 0 unspecified atom stereocenters. The quantitative estimate of drug-likeness (QED) is 0.638. The minimum atomic E-state index is -1.57. The molecule has 0 spiro atoms. The van der Waals surface area contributed by atoms with Gasteiger partial charge in [-0.1, -0.05) is 60.7 Å². The van der Waals surface area contributed by atoms with Gasteiger partial charge in [0.2, 0.25) is 11.7 Å². The molecule has 8 heteroatoms. The van der Waals surface area contributed by atoms with Crippen molar-refractivity contribution in [2.24, 2.45) is 5.92 Å². The van der Waals surface area contributed by atoms with Crippen LogP contribution in [0.1, 0.15) is 44.9 Å². The molecule has 8 nitrogen and oxygen atoms in total. The highest BCUT2D eigenvalue weighted by Gasteiger charge is 2.71. The lowest BCUT2D eigenvalue weighted by Crippen LogP contribution is -2.70. The van der Waals surface area contributed by atoms with Crippen molar-refractivity contribution in [2.45, 2.75) is 82.1 Å². The molecule has 0 bridgehead atoms. The van der Waals surface area contributed by atoms with Gasteiger partial charge in [0.05, 0.1) is 18.6 Å². The maximum absolute atomic E-state index is 13.7. The summed E-state index contributed by atoms with van der Waals surface area (Å²) >= 11 is 0. The van der Waals surface area contributed by atoms with E-state index >= 15 is 0 Å². The second-order valence-electron chi connectivity index (χ2n) is 11.0. The summed E-state index contributed by atoms with van der Waals surface area (Å²) in [6.07, 6.45) is -2.92. The number of aliphatic hydroxyl groups is 1. The minimum Gasteiger partial charge on any atom is -0.386 e. The SMILES string of the molecule is CC1(C)O[C@@H]2[C@@H](CO[C@@]3([C@H](O)[C@H]4C(=O)N(Cc5ccccc5)[C@@H]4c4ccccc4)OC(C)(C)O[C@@H]23)O1. The highest BCUT2D eigenvalue weighted by Crippen LogP contribution is 2.54. The van der Waals surface area contributed by atoms with Gasteiger partial charge in [0.25, 0.3) is 0 Å². The second-order valence-corrected chi connectivity index (χ2v) is 11.0. The molecule has 0 aliphatic carbocycles. The van der Waals surface area contributed by atoms with E-state index in [1.165, 1.54) is 0 Å². The third kappa shape index (κ3) is 3.79. The van der Waals surface area contributed by atoms with Gasteiger partial charge in [-0.3, -0.25) is 4.79 Å². The van der Waals surface area contributed by atoms with Crippen molar-refractivity contribution in [3.8, 4) is 0 Å². The summed E-state index contributed by atoms with van der Waals surface area (Å²) < 4.78 is 31.1. The van der Waals surface area contributed by atoms with Crippen LogP contribution in [0, 0.1) is 5.92 Å². The second kappa shape index (κ2) is 8.34. The van der Waals surface area contributed by atoms with Gasteiger partial charge >= 0.3 is 0 Å². The molecule has 4 fully saturated rings. The Balaban J connectivity index is 1.35. The van der Waals surface area contributed by atoms with Crippen molar-refractivity contribution < 1.29 is 33.6 Å². The van der Waals surface area contributed by atoms with Crippen LogP contribution in [0.25, 0.3) is 0 Å². The number of benzene rings is 2. The number of ether oxygens (including phenoxy) is 5. The highest BCUT2D eigenvalue weighted by atomic mass is 16.9. The van der Waals surface area contributed by atoms with E-state index in [1.807, 2.05) is 74.5 Å². The van der Waals surface area contributed by atoms with E-state index < -0.39 is 41.6 Å². The van der Waals surface area contributed by atoms with Gasteiger partial charge in [0.15, 0.2) is 11.6 Å². The monoisotopic (exact) mass is 495 g/mol. The number of hydrogen-bond donors (Lipinski definition) is 1. The third-order valence-corrected chi connectivity index (χ3v) is 7.54. The van der Waals surface area contributed by atoms with Crippen LogP contribution in [0.4, 0.5) is 0 Å². The van der Waals surface area contributed by atoms with Crippen LogP contribution in [-0.2, 0) is 35.0 Å². The van der Waals surface area contributed by atoms with Crippen molar-refractivity contribution in [1.82, 2.24) is 4.90 Å². The normalized spacial score (nSPS) is 37.2. The third-order valence-electron chi connectivity index (χ3n) is 7.54. The minimum absolute atomic E-state index is 0.156. The lowest BCUT2D eigenvalue weighted by molar-refractivity contribution is -0.330. The van der Waals surface area contributed by atoms with Crippen LogP contribution in [0.15, 0.2) is 60.7 Å². The Kier molecular flexibility index (Phi) is 5.57. The Morgan fingerprint density at radius 2 is 1.61 bits per heavy atom. The number of likely N-dealkylation sites (tertiary alicyclic amines) is 1. The molecular weight excluding hydrogens is 462 g/mol. The molecule has 2 aromatic rings. The van der Waals surface area contributed by atoms with Crippen LogP contribution in [-0.4, -0.2) is 64.3 Å². The summed E-state index contributed by atoms with van der Waals surface area (Å²) in [5.41, 5.74) is 1.96. The number of nitrogens with zero attached hydrogens (tertiary/aromatic N) is 1. The maximum Gasteiger partial charge on any atom is 0.231 e. The first kappa shape index (κ1) is 24.0. The predicted molar refractivity (Wildman–Crippen MR) is 128 cm³/mol. The Morgan fingerprint density at radius 3 is 2.31 bits per heavy atom. The fourth-order valence-electron chi connectivity index (χ4n) is 6.16. The first-order valence-electron chi connectivity index (χ1n) is 12.6. The smallest absolute Gasteiger partial charge is 0.231 e. The fraction of sp³-hybridized carbons (Fsp3) is 0.536. The van der Waals surface area contributed by atoms with Gasteiger partial charge in [-0.15, -0.1) is 0 Å². The van der Waals surface area contributed by atoms with Crippen LogP contribution in [0.2, 0.25) is 0 Å². The summed E-state index contributed by atoms with van der Waals surface area (Å²) in [7, 11) is 0. The van der Waals surface area contributed by atoms with Gasteiger partial charge in [0, 0.05) is 6.54 Å². The van der Waals surface area contributed by atoms with E-state index in [2.05, 4.69) is 0 Å². The standard InChI is InChI=1S/C28H33NO7/c1-26(2)33-19-16-32-28(24(22(19)34-26)35-27(3,4)36-28)23(30)20-21(18-13-9-6-10-14-18)29(25(20)31)15-17-11-7-5-8-12-17/h5-14,19-24,30H,15-16H2,1-4H3/t19-,20+,21-,22-,23-,24+,28+/m1/s1. The molecule has 192 valence electrons. The number of carbonyl (C=O) groups is 1. The Bertz CT molecular complexity index is 1120. The van der Waals surface area contributed by atoms with Crippen molar-refractivity contribution in [3.63, 3.8) is 0 Å². The van der Waals surface area contributed by atoms with Crippen molar-refractivity contribution in [2.75, 3.05) is 6.61 Å². The van der Waals surface area contributed by atoms with Crippen LogP contribution < -0.4 is 0 Å². The number of hydrogen-bond acceptors (Lipinski definition) is 7. The summed E-state index contributed by atoms with van der Waals surface area (Å²) in [6.45, 7) is 7.83. The average molecular weight is 496 g/mol. The summed E-state index contributed by atoms with van der Waals surface area (Å²) in [6, 6.07) is 19.3. The fourth-order valence-corrected chi connectivity index (χ4v) is 6.16. The van der Waals surface area contributed by atoms with Gasteiger partial charge in [-0.25, -0.2) is 0 Å². The number of β-lactam (4-membered cyclic amide) rings is 1. The molecule has 4 saturated heterocycles. The number of rotatable bonds is 5. The van der Waals surface area contributed by atoms with Crippen LogP contribution in [0.3, 0.4) is 0 Å². The van der Waals surface area contributed by atoms with Crippen molar-refractivity contribution in [3.05, 3.63) is 71.8 Å². The molecule has 6 rings (SSSR count). The predicted octanol–water partition coefficient (Wildman–Crippen LogP) is 3.15. The molecule has 0 aromatic heterocycles. The molecule has 1 N–H and O–H groups in total. The van der Waals surface area contributed by atoms with E-state index in [4.69, 9.17) is 23.7 Å². The van der Waals surface area contributed by atoms with E-state index in [-0.39, 0.29) is 24.7 Å². The molecule has 4 heterocycles. The molecular formula is C28H33NO7. The van der Waals surface area contributed by atoms with Gasteiger partial charge in [0.1, 0.15) is 24.4 Å². The average Bonchev–Trinajstić information content (AvgIpc) is 3.33. The Morgan fingerprint density at radius 1 is 0.944 bits per heavy atom. The topological polar surface area (TPSA) is 86.7 Å². The molecule has 4 aliphatic rings. The van der Waals surface area contributed by atoms with Crippen LogP contribution in [0.5, 0.6) is 0 Å². The van der Waals surface area contributed by atoms with Gasteiger partial charge in [-0.2, -0.15) is 0 Å². The first-order chi connectivity index (χ1) is 17.1. The highest BCUT2D eigenvalue weighted by molar-refractivity contribution is 5.87. The Hall–Kier alpha value is -2.33. The van der Waals surface area contributed by atoms with Crippen LogP contribution >= 0.6 is 0 Å². The number of amides is 1. The number of carbonyl (C=O) groups excluding carboxylic acids is 1. The largest absolute Gasteiger partial charge is 0.386 e.